The van der Waals surface area contributed by atoms with E-state index in [0.29, 0.717) is 0 Å². The van der Waals surface area contributed by atoms with E-state index in [1.807, 2.05) is 31.3 Å². The molecule has 4 heteroatoms. The molecule has 1 aromatic carbocycles. The molecule has 0 bridgehead atoms. The summed E-state index contributed by atoms with van der Waals surface area (Å²) >= 11 is 2.32. The highest BCUT2D eigenvalue weighted by Gasteiger charge is 2.14. The summed E-state index contributed by atoms with van der Waals surface area (Å²) in [6.45, 7) is 1.97. The molecule has 0 aliphatic rings. The van der Waals surface area contributed by atoms with Gasteiger partial charge in [0.2, 0.25) is 0 Å². The van der Waals surface area contributed by atoms with Gasteiger partial charge in [0.05, 0.1) is 6.04 Å². The van der Waals surface area contributed by atoms with E-state index in [1.54, 1.807) is 0 Å². The Bertz CT molecular complexity index is 496. The molecule has 3 nitrogen and oxygen atoms in total. The number of nitrogens with two attached hydrogens (primary N) is 1. The molecule has 1 heterocycles. The van der Waals surface area contributed by atoms with Gasteiger partial charge in [-0.25, -0.2) is 5.43 Å². The number of nitrogens with one attached hydrogen (secondary N) is 1. The van der Waals surface area contributed by atoms with Gasteiger partial charge in [-0.2, -0.15) is 0 Å². The Balaban J connectivity index is 2.40. The van der Waals surface area contributed by atoms with E-state index in [-0.39, 0.29) is 6.04 Å². The van der Waals surface area contributed by atoms with Gasteiger partial charge in [-0.15, -0.1) is 0 Å². The molecule has 0 fully saturated rings. The zero-order chi connectivity index (χ0) is 12.3. The average molecular weight is 339 g/mol. The molecular formula is C13H14IN3. The number of pyridine rings is 1. The molecule has 0 aliphatic carbocycles. The first kappa shape index (κ1) is 12.5. The lowest BCUT2D eigenvalue weighted by molar-refractivity contribution is 0.632. The van der Waals surface area contributed by atoms with Crippen LogP contribution in [0.4, 0.5) is 0 Å². The predicted octanol–water partition coefficient (Wildman–Crippen LogP) is 2.55. The van der Waals surface area contributed by atoms with Gasteiger partial charge < -0.3 is 0 Å². The normalized spacial score (nSPS) is 12.4. The maximum absolute atomic E-state index is 5.66. The molecule has 3 N–H and O–H groups in total. The SMILES string of the molecule is Cc1ccc(C(NN)c2ccccc2I)cn1. The van der Waals surface area contributed by atoms with Gasteiger partial charge in [0.15, 0.2) is 0 Å². The van der Waals surface area contributed by atoms with Crippen molar-refractivity contribution in [2.75, 3.05) is 0 Å². The number of hydrogen-bond acceptors (Lipinski definition) is 3. The van der Waals surface area contributed by atoms with Crippen LogP contribution in [0.1, 0.15) is 22.9 Å². The van der Waals surface area contributed by atoms with Crippen LogP contribution in [0.5, 0.6) is 0 Å². The largest absolute Gasteiger partial charge is 0.271 e. The number of aromatic nitrogens is 1. The summed E-state index contributed by atoms with van der Waals surface area (Å²) in [5.41, 5.74) is 6.10. The van der Waals surface area contributed by atoms with Crippen molar-refractivity contribution in [1.82, 2.24) is 10.4 Å². The van der Waals surface area contributed by atoms with Crippen LogP contribution in [-0.2, 0) is 0 Å². The van der Waals surface area contributed by atoms with E-state index < -0.39 is 0 Å². The highest BCUT2D eigenvalue weighted by Crippen LogP contribution is 2.25. The second-order valence-corrected chi connectivity index (χ2v) is 5.02. The maximum atomic E-state index is 5.66. The van der Waals surface area contributed by atoms with Gasteiger partial charge in [0.1, 0.15) is 0 Å². The summed E-state index contributed by atoms with van der Waals surface area (Å²) in [5.74, 6) is 5.66. The fraction of sp³-hybridized carbons (Fsp3) is 0.154. The molecule has 0 aliphatic heterocycles. The Morgan fingerprint density at radius 3 is 2.59 bits per heavy atom. The zero-order valence-electron chi connectivity index (χ0n) is 9.52. The monoisotopic (exact) mass is 339 g/mol. The summed E-state index contributed by atoms with van der Waals surface area (Å²) in [4.78, 5) is 4.31. The lowest BCUT2D eigenvalue weighted by Gasteiger charge is -2.18. The van der Waals surface area contributed by atoms with Gasteiger partial charge in [0.25, 0.3) is 0 Å². The Morgan fingerprint density at radius 1 is 1.24 bits per heavy atom. The minimum absolute atomic E-state index is 0.0174. The molecule has 2 aromatic rings. The van der Waals surface area contributed by atoms with Crippen LogP contribution in [0.15, 0.2) is 42.6 Å². The van der Waals surface area contributed by atoms with E-state index in [9.17, 15) is 0 Å². The summed E-state index contributed by atoms with van der Waals surface area (Å²) in [7, 11) is 0. The Kier molecular flexibility index (Phi) is 4.09. The van der Waals surface area contributed by atoms with Crippen molar-refractivity contribution >= 4 is 22.6 Å². The van der Waals surface area contributed by atoms with Crippen molar-refractivity contribution in [3.05, 3.63) is 63.0 Å². The molecule has 1 atom stereocenters. The first-order valence-electron chi connectivity index (χ1n) is 5.35. The minimum Gasteiger partial charge on any atom is -0.271 e. The van der Waals surface area contributed by atoms with Crippen molar-refractivity contribution in [1.29, 1.82) is 0 Å². The summed E-state index contributed by atoms with van der Waals surface area (Å²) in [5, 5.41) is 0. The summed E-state index contributed by atoms with van der Waals surface area (Å²) < 4.78 is 1.19. The van der Waals surface area contributed by atoms with Crippen LogP contribution in [0.25, 0.3) is 0 Å². The van der Waals surface area contributed by atoms with Crippen LogP contribution < -0.4 is 11.3 Å². The van der Waals surface area contributed by atoms with Gasteiger partial charge in [-0.05, 0) is 52.8 Å². The summed E-state index contributed by atoms with van der Waals surface area (Å²) in [6.07, 6.45) is 1.86. The van der Waals surface area contributed by atoms with E-state index in [2.05, 4.69) is 51.2 Å². The van der Waals surface area contributed by atoms with Gasteiger partial charge in [-0.3, -0.25) is 10.8 Å². The molecule has 0 spiro atoms. The minimum atomic E-state index is -0.0174. The number of rotatable bonds is 3. The highest BCUT2D eigenvalue weighted by atomic mass is 127. The van der Waals surface area contributed by atoms with Gasteiger partial charge in [0, 0.05) is 15.5 Å². The third-order valence-electron chi connectivity index (χ3n) is 2.65. The quantitative estimate of drug-likeness (QED) is 0.513. The molecule has 0 radical (unpaired) electrons. The van der Waals surface area contributed by atoms with Crippen molar-refractivity contribution < 1.29 is 0 Å². The maximum Gasteiger partial charge on any atom is 0.0735 e. The highest BCUT2D eigenvalue weighted by molar-refractivity contribution is 14.1. The second kappa shape index (κ2) is 5.57. The predicted molar refractivity (Wildman–Crippen MR) is 77.3 cm³/mol. The molecule has 2 rings (SSSR count). The number of nitrogens with zero attached hydrogens (tertiary/aromatic N) is 1. The van der Waals surface area contributed by atoms with Gasteiger partial charge in [-0.1, -0.05) is 24.3 Å². The first-order chi connectivity index (χ1) is 8.22. The average Bonchev–Trinajstić information content (AvgIpc) is 2.35. The van der Waals surface area contributed by atoms with E-state index in [4.69, 9.17) is 5.84 Å². The van der Waals surface area contributed by atoms with Crippen molar-refractivity contribution in [2.45, 2.75) is 13.0 Å². The summed E-state index contributed by atoms with van der Waals surface area (Å²) in [6, 6.07) is 12.2. The smallest absolute Gasteiger partial charge is 0.0735 e. The molecular weight excluding hydrogens is 325 g/mol. The first-order valence-corrected chi connectivity index (χ1v) is 6.43. The Morgan fingerprint density at radius 2 is 2.00 bits per heavy atom. The van der Waals surface area contributed by atoms with Gasteiger partial charge >= 0.3 is 0 Å². The van der Waals surface area contributed by atoms with Crippen LogP contribution in [-0.4, -0.2) is 4.98 Å². The number of halogens is 1. The molecule has 17 heavy (non-hydrogen) atoms. The number of hydrazine groups is 1. The standard InChI is InChI=1S/C13H14IN3/c1-9-6-7-10(8-16-9)13(17-15)11-4-2-3-5-12(11)14/h2-8,13,17H,15H2,1H3. The number of benzene rings is 1. The van der Waals surface area contributed by atoms with Crippen molar-refractivity contribution in [3.63, 3.8) is 0 Å². The lowest BCUT2D eigenvalue weighted by atomic mass is 10.0. The van der Waals surface area contributed by atoms with Crippen molar-refractivity contribution in [3.8, 4) is 0 Å². The van der Waals surface area contributed by atoms with E-state index >= 15 is 0 Å². The van der Waals surface area contributed by atoms with Crippen LogP contribution in [0, 0.1) is 10.5 Å². The van der Waals surface area contributed by atoms with Crippen molar-refractivity contribution in [2.24, 2.45) is 5.84 Å². The van der Waals surface area contributed by atoms with Crippen LogP contribution in [0.2, 0.25) is 0 Å². The van der Waals surface area contributed by atoms with E-state index in [1.165, 1.54) is 9.13 Å². The van der Waals surface area contributed by atoms with E-state index in [0.717, 1.165) is 11.3 Å². The number of hydrogen-bond donors (Lipinski definition) is 2. The number of aryl methyl sites for hydroxylation is 1. The Labute approximate surface area is 115 Å². The Hall–Kier alpha value is -0.980. The molecule has 0 saturated carbocycles. The fourth-order valence-electron chi connectivity index (χ4n) is 1.72. The third-order valence-corrected chi connectivity index (χ3v) is 3.63. The third kappa shape index (κ3) is 2.83. The topological polar surface area (TPSA) is 50.9 Å². The molecule has 88 valence electrons. The fourth-order valence-corrected chi connectivity index (χ4v) is 2.42. The van der Waals surface area contributed by atoms with Crippen LogP contribution >= 0.6 is 22.6 Å². The molecule has 0 saturated heterocycles. The molecule has 1 unspecified atom stereocenters. The molecule has 1 aromatic heterocycles. The molecule has 0 amide bonds. The zero-order valence-corrected chi connectivity index (χ0v) is 11.7. The lowest BCUT2D eigenvalue weighted by Crippen LogP contribution is -2.29. The second-order valence-electron chi connectivity index (χ2n) is 3.85. The van der Waals surface area contributed by atoms with Crippen LogP contribution in [0.3, 0.4) is 0 Å².